The quantitative estimate of drug-likeness (QED) is 0.747. The molecule has 106 valence electrons. The molecule has 0 bridgehead atoms. The van der Waals surface area contributed by atoms with Gasteiger partial charge in [0.15, 0.2) is 5.69 Å². The molecule has 7 heteroatoms. The second-order valence-electron chi connectivity index (χ2n) is 4.40. The van der Waals surface area contributed by atoms with Crippen LogP contribution in [-0.2, 0) is 6.18 Å². The molecule has 0 amide bonds. The molecule has 0 unspecified atom stereocenters. The number of aromatic nitrogens is 3. The van der Waals surface area contributed by atoms with Crippen molar-refractivity contribution in [2.24, 2.45) is 0 Å². The summed E-state index contributed by atoms with van der Waals surface area (Å²) in [6.45, 7) is 0. The van der Waals surface area contributed by atoms with E-state index in [1.807, 2.05) is 6.07 Å². The molecular formula is C14H9F3N4. The van der Waals surface area contributed by atoms with E-state index in [0.717, 1.165) is 11.5 Å². The number of pyridine rings is 1. The lowest BCUT2D eigenvalue weighted by molar-refractivity contribution is -0.141. The van der Waals surface area contributed by atoms with E-state index < -0.39 is 17.8 Å². The van der Waals surface area contributed by atoms with E-state index in [0.29, 0.717) is 10.9 Å². The molecule has 2 aromatic heterocycles. The lowest BCUT2D eigenvalue weighted by atomic mass is 10.0. The zero-order chi connectivity index (χ0) is 15.0. The Bertz CT molecular complexity index is 809. The lowest BCUT2D eigenvalue weighted by Gasteiger charge is -2.10. The van der Waals surface area contributed by atoms with E-state index in [1.54, 1.807) is 30.6 Å². The van der Waals surface area contributed by atoms with Gasteiger partial charge in [-0.2, -0.15) is 13.2 Å². The molecule has 0 spiro atoms. The maximum Gasteiger partial charge on any atom is 0.433 e. The Morgan fingerprint density at radius 3 is 2.62 bits per heavy atom. The first kappa shape index (κ1) is 13.3. The average molecular weight is 290 g/mol. The van der Waals surface area contributed by atoms with Gasteiger partial charge in [0.25, 0.3) is 0 Å². The van der Waals surface area contributed by atoms with E-state index in [9.17, 15) is 13.2 Å². The Morgan fingerprint density at radius 1 is 1.05 bits per heavy atom. The van der Waals surface area contributed by atoms with Crippen molar-refractivity contribution in [3.8, 4) is 11.3 Å². The molecule has 1 aromatic carbocycles. The van der Waals surface area contributed by atoms with Gasteiger partial charge in [-0.3, -0.25) is 4.98 Å². The summed E-state index contributed by atoms with van der Waals surface area (Å²) in [5, 5.41) is 1.56. The zero-order valence-electron chi connectivity index (χ0n) is 10.6. The van der Waals surface area contributed by atoms with Crippen LogP contribution in [0.4, 0.5) is 19.1 Å². The van der Waals surface area contributed by atoms with E-state index in [2.05, 4.69) is 15.0 Å². The molecule has 0 aliphatic carbocycles. The number of fused-ring (bicyclic) bond motifs is 1. The normalized spacial score (nSPS) is 11.8. The Balaban J connectivity index is 2.26. The molecule has 0 fully saturated rings. The predicted molar refractivity (Wildman–Crippen MR) is 72.2 cm³/mol. The molecule has 0 saturated heterocycles. The number of benzene rings is 1. The zero-order valence-corrected chi connectivity index (χ0v) is 10.6. The van der Waals surface area contributed by atoms with Gasteiger partial charge in [0.1, 0.15) is 0 Å². The van der Waals surface area contributed by atoms with Crippen LogP contribution in [0, 0.1) is 0 Å². The van der Waals surface area contributed by atoms with Crippen molar-refractivity contribution in [2.75, 3.05) is 5.73 Å². The van der Waals surface area contributed by atoms with Gasteiger partial charge < -0.3 is 5.73 Å². The molecule has 0 saturated carbocycles. The van der Waals surface area contributed by atoms with Crippen LogP contribution in [0.15, 0.2) is 42.7 Å². The fourth-order valence-corrected chi connectivity index (χ4v) is 2.09. The molecule has 2 N–H and O–H groups in total. The van der Waals surface area contributed by atoms with Crippen molar-refractivity contribution >= 4 is 16.7 Å². The van der Waals surface area contributed by atoms with Gasteiger partial charge in [0.05, 0.1) is 5.69 Å². The fourth-order valence-electron chi connectivity index (χ4n) is 2.09. The molecule has 0 atom stereocenters. The van der Waals surface area contributed by atoms with Crippen molar-refractivity contribution in [1.29, 1.82) is 0 Å². The molecule has 3 aromatic rings. The number of anilines is 1. The number of nitrogens with zero attached hydrogens (tertiary/aromatic N) is 3. The lowest BCUT2D eigenvalue weighted by Crippen LogP contribution is -2.11. The summed E-state index contributed by atoms with van der Waals surface area (Å²) in [4.78, 5) is 11.1. The monoisotopic (exact) mass is 290 g/mol. The number of halogens is 3. The van der Waals surface area contributed by atoms with Crippen LogP contribution in [0.25, 0.3) is 22.0 Å². The van der Waals surface area contributed by atoms with Gasteiger partial charge in [-0.1, -0.05) is 18.2 Å². The molecule has 0 aliphatic heterocycles. The molecule has 0 aliphatic rings. The van der Waals surface area contributed by atoms with Gasteiger partial charge in [0.2, 0.25) is 5.95 Å². The maximum absolute atomic E-state index is 12.8. The topological polar surface area (TPSA) is 64.7 Å². The van der Waals surface area contributed by atoms with Crippen molar-refractivity contribution in [2.45, 2.75) is 6.18 Å². The summed E-state index contributed by atoms with van der Waals surface area (Å²) in [5.41, 5.74) is 4.98. The smallest absolute Gasteiger partial charge is 0.368 e. The standard InChI is InChI=1S/C14H9F3N4/c15-14(16,17)12-6-11(20-13(18)21-12)9-3-1-2-8-4-5-19-7-10(8)9/h1-7H,(H2,18,20,21). The highest BCUT2D eigenvalue weighted by atomic mass is 19.4. The number of alkyl halides is 3. The Morgan fingerprint density at radius 2 is 1.86 bits per heavy atom. The largest absolute Gasteiger partial charge is 0.433 e. The average Bonchev–Trinajstić information content (AvgIpc) is 2.45. The molecular weight excluding hydrogens is 281 g/mol. The van der Waals surface area contributed by atoms with Crippen LogP contribution in [0.3, 0.4) is 0 Å². The third-order valence-electron chi connectivity index (χ3n) is 2.99. The molecule has 0 radical (unpaired) electrons. The number of rotatable bonds is 1. The summed E-state index contributed by atoms with van der Waals surface area (Å²) < 4.78 is 38.5. The summed E-state index contributed by atoms with van der Waals surface area (Å²) in [5.74, 6) is -0.416. The van der Waals surface area contributed by atoms with Gasteiger partial charge in [-0.25, -0.2) is 9.97 Å². The van der Waals surface area contributed by atoms with Gasteiger partial charge in [-0.05, 0) is 17.5 Å². The predicted octanol–water partition coefficient (Wildman–Crippen LogP) is 3.29. The SMILES string of the molecule is Nc1nc(-c2cccc3ccncc23)cc(C(F)(F)F)n1. The third-order valence-corrected chi connectivity index (χ3v) is 2.99. The first-order chi connectivity index (χ1) is 9.95. The van der Waals surface area contributed by atoms with Crippen molar-refractivity contribution < 1.29 is 13.2 Å². The van der Waals surface area contributed by atoms with Gasteiger partial charge in [0, 0.05) is 23.3 Å². The highest BCUT2D eigenvalue weighted by Crippen LogP contribution is 2.32. The summed E-state index contributed by atoms with van der Waals surface area (Å²) in [6, 6.07) is 7.91. The van der Waals surface area contributed by atoms with Crippen LogP contribution < -0.4 is 5.73 Å². The van der Waals surface area contributed by atoms with Crippen molar-refractivity contribution in [1.82, 2.24) is 15.0 Å². The maximum atomic E-state index is 12.8. The van der Waals surface area contributed by atoms with Crippen LogP contribution in [0.2, 0.25) is 0 Å². The summed E-state index contributed by atoms with van der Waals surface area (Å²) >= 11 is 0. The first-order valence-electron chi connectivity index (χ1n) is 6.00. The minimum atomic E-state index is -4.57. The number of nitrogen functional groups attached to an aromatic ring is 1. The summed E-state index contributed by atoms with van der Waals surface area (Å²) in [7, 11) is 0. The third kappa shape index (κ3) is 2.49. The number of hydrogen-bond acceptors (Lipinski definition) is 4. The first-order valence-corrected chi connectivity index (χ1v) is 6.00. The van der Waals surface area contributed by atoms with E-state index >= 15 is 0 Å². The van der Waals surface area contributed by atoms with Gasteiger partial charge >= 0.3 is 6.18 Å². The fraction of sp³-hybridized carbons (Fsp3) is 0.0714. The van der Waals surface area contributed by atoms with Crippen molar-refractivity contribution in [3.63, 3.8) is 0 Å². The number of hydrogen-bond donors (Lipinski definition) is 1. The van der Waals surface area contributed by atoms with Crippen molar-refractivity contribution in [3.05, 3.63) is 48.4 Å². The Labute approximate surface area is 117 Å². The van der Waals surface area contributed by atoms with Crippen LogP contribution >= 0.6 is 0 Å². The van der Waals surface area contributed by atoms with Gasteiger partial charge in [-0.15, -0.1) is 0 Å². The van der Waals surface area contributed by atoms with Crippen LogP contribution in [0.1, 0.15) is 5.69 Å². The van der Waals surface area contributed by atoms with Crippen LogP contribution in [-0.4, -0.2) is 15.0 Å². The Hall–Kier alpha value is -2.70. The molecule has 21 heavy (non-hydrogen) atoms. The second kappa shape index (κ2) is 4.69. The minimum absolute atomic E-state index is 0.119. The van der Waals surface area contributed by atoms with Crippen LogP contribution in [0.5, 0.6) is 0 Å². The number of nitrogens with two attached hydrogens (primary N) is 1. The molecule has 3 rings (SSSR count). The highest BCUT2D eigenvalue weighted by Gasteiger charge is 2.33. The minimum Gasteiger partial charge on any atom is -0.368 e. The highest BCUT2D eigenvalue weighted by molar-refractivity contribution is 5.95. The second-order valence-corrected chi connectivity index (χ2v) is 4.40. The Kier molecular flexibility index (Phi) is 2.97. The summed E-state index contributed by atoms with van der Waals surface area (Å²) in [6.07, 6.45) is -1.38. The van der Waals surface area contributed by atoms with E-state index in [1.165, 1.54) is 0 Å². The molecule has 4 nitrogen and oxygen atoms in total. The molecule has 2 heterocycles. The van der Waals surface area contributed by atoms with E-state index in [-0.39, 0.29) is 5.69 Å². The van der Waals surface area contributed by atoms with E-state index in [4.69, 9.17) is 5.73 Å².